The Morgan fingerprint density at radius 2 is 2.09 bits per heavy atom. The molecule has 0 aliphatic rings. The van der Waals surface area contributed by atoms with Crippen LogP contribution in [-0.2, 0) is 26.7 Å². The molecule has 1 amide bonds. The molecule has 0 fully saturated rings. The van der Waals surface area contributed by atoms with Gasteiger partial charge in [-0.15, -0.1) is 0 Å². The number of nitrogens with zero attached hydrogens (tertiary/aromatic N) is 2. The standard InChI is InChI=1S/C13H22N4O5S/c1-4-5-6-11(13(19)20)15-12(18)9(2)16-23(21,22)10-7-14-17(3)8-10/h7-9,11,16H,4-6H2,1-3H3,(H,15,18)(H,19,20). The number of sulfonamides is 1. The fourth-order valence-corrected chi connectivity index (χ4v) is 3.04. The molecule has 1 rings (SSSR count). The average Bonchev–Trinajstić information content (AvgIpc) is 2.89. The number of carbonyl (C=O) groups is 2. The van der Waals surface area contributed by atoms with E-state index in [4.69, 9.17) is 5.11 Å². The number of hydrogen-bond acceptors (Lipinski definition) is 5. The highest BCUT2D eigenvalue weighted by atomic mass is 32.2. The highest BCUT2D eigenvalue weighted by Gasteiger charge is 2.26. The number of aliphatic carboxylic acids is 1. The van der Waals surface area contributed by atoms with E-state index in [9.17, 15) is 18.0 Å². The first-order chi connectivity index (χ1) is 10.7. The highest BCUT2D eigenvalue weighted by Crippen LogP contribution is 2.07. The van der Waals surface area contributed by atoms with E-state index in [0.717, 1.165) is 12.6 Å². The molecule has 2 atom stereocenters. The lowest BCUT2D eigenvalue weighted by atomic mass is 10.1. The molecular weight excluding hydrogens is 324 g/mol. The Labute approximate surface area is 135 Å². The summed E-state index contributed by atoms with van der Waals surface area (Å²) in [6.07, 6.45) is 4.19. The summed E-state index contributed by atoms with van der Waals surface area (Å²) in [5.74, 6) is -1.84. The van der Waals surface area contributed by atoms with Crippen LogP contribution >= 0.6 is 0 Å². The SMILES string of the molecule is CCCCC(NC(=O)C(C)NS(=O)(=O)c1cnn(C)c1)C(=O)O. The number of rotatable bonds is 9. The van der Waals surface area contributed by atoms with Gasteiger partial charge in [0.1, 0.15) is 10.9 Å². The van der Waals surface area contributed by atoms with Gasteiger partial charge in [-0.3, -0.25) is 9.48 Å². The highest BCUT2D eigenvalue weighted by molar-refractivity contribution is 7.89. The van der Waals surface area contributed by atoms with E-state index in [1.165, 1.54) is 17.8 Å². The van der Waals surface area contributed by atoms with Crippen LogP contribution in [0.15, 0.2) is 17.3 Å². The second-order valence-electron chi connectivity index (χ2n) is 5.23. The molecule has 3 N–H and O–H groups in total. The van der Waals surface area contributed by atoms with Crippen LogP contribution in [0.25, 0.3) is 0 Å². The van der Waals surface area contributed by atoms with Gasteiger partial charge in [-0.2, -0.15) is 9.82 Å². The van der Waals surface area contributed by atoms with Crippen molar-refractivity contribution in [1.29, 1.82) is 0 Å². The van der Waals surface area contributed by atoms with Crippen LogP contribution in [0, 0.1) is 0 Å². The number of carboxylic acids is 1. The molecule has 9 nitrogen and oxygen atoms in total. The first kappa shape index (κ1) is 19.1. The molecule has 0 spiro atoms. The van der Waals surface area contributed by atoms with E-state index in [1.807, 2.05) is 6.92 Å². The van der Waals surface area contributed by atoms with Gasteiger partial charge in [0, 0.05) is 13.2 Å². The molecule has 1 aromatic rings. The van der Waals surface area contributed by atoms with E-state index in [1.54, 1.807) is 7.05 Å². The number of nitrogens with one attached hydrogen (secondary N) is 2. The minimum Gasteiger partial charge on any atom is -0.480 e. The van der Waals surface area contributed by atoms with Crippen LogP contribution in [0.5, 0.6) is 0 Å². The summed E-state index contributed by atoms with van der Waals surface area (Å²) in [6, 6.07) is -2.14. The lowest BCUT2D eigenvalue weighted by Crippen LogP contribution is -2.50. The van der Waals surface area contributed by atoms with Crippen molar-refractivity contribution < 1.29 is 23.1 Å². The van der Waals surface area contributed by atoms with Crippen LogP contribution < -0.4 is 10.0 Å². The fourth-order valence-electron chi connectivity index (χ4n) is 1.85. The zero-order chi connectivity index (χ0) is 17.6. The molecular formula is C13H22N4O5S. The Balaban J connectivity index is 2.70. The number of unbranched alkanes of at least 4 members (excludes halogenated alkanes) is 1. The van der Waals surface area contributed by atoms with Crippen molar-refractivity contribution in [2.75, 3.05) is 0 Å². The second-order valence-corrected chi connectivity index (χ2v) is 6.95. The zero-order valence-corrected chi connectivity index (χ0v) is 14.1. The van der Waals surface area contributed by atoms with E-state index in [2.05, 4.69) is 15.1 Å². The van der Waals surface area contributed by atoms with Crippen molar-refractivity contribution in [2.45, 2.75) is 50.1 Å². The van der Waals surface area contributed by atoms with Crippen molar-refractivity contribution in [2.24, 2.45) is 7.05 Å². The number of carbonyl (C=O) groups excluding carboxylic acids is 1. The quantitative estimate of drug-likeness (QED) is 0.570. The van der Waals surface area contributed by atoms with E-state index in [-0.39, 0.29) is 4.90 Å². The third-order valence-electron chi connectivity index (χ3n) is 3.18. The Morgan fingerprint density at radius 3 is 2.57 bits per heavy atom. The van der Waals surface area contributed by atoms with Gasteiger partial charge < -0.3 is 10.4 Å². The van der Waals surface area contributed by atoms with Crippen LogP contribution in [0.3, 0.4) is 0 Å². The van der Waals surface area contributed by atoms with Gasteiger partial charge in [0.25, 0.3) is 0 Å². The molecule has 0 saturated carbocycles. The molecule has 1 aromatic heterocycles. The van der Waals surface area contributed by atoms with E-state index in [0.29, 0.717) is 12.8 Å². The largest absolute Gasteiger partial charge is 0.480 e. The number of carboxylic acid groups (broad SMARTS) is 1. The lowest BCUT2D eigenvalue weighted by molar-refractivity contribution is -0.142. The third-order valence-corrected chi connectivity index (χ3v) is 4.67. The molecule has 23 heavy (non-hydrogen) atoms. The molecule has 130 valence electrons. The maximum atomic E-state index is 12.1. The number of hydrogen-bond donors (Lipinski definition) is 3. The van der Waals surface area contributed by atoms with Crippen molar-refractivity contribution in [3.05, 3.63) is 12.4 Å². The Kier molecular flexibility index (Phi) is 6.70. The Morgan fingerprint density at radius 1 is 1.43 bits per heavy atom. The van der Waals surface area contributed by atoms with Gasteiger partial charge in [0.15, 0.2) is 0 Å². The van der Waals surface area contributed by atoms with Crippen LogP contribution in [0.4, 0.5) is 0 Å². The molecule has 0 aliphatic heterocycles. The summed E-state index contributed by atoms with van der Waals surface area (Å²) in [7, 11) is -2.33. The Bertz CT molecular complexity index is 655. The van der Waals surface area contributed by atoms with Crippen LogP contribution in [0.2, 0.25) is 0 Å². The predicted molar refractivity (Wildman–Crippen MR) is 82.1 cm³/mol. The zero-order valence-electron chi connectivity index (χ0n) is 13.3. The normalized spacial score (nSPS) is 14.2. The molecule has 0 saturated heterocycles. The monoisotopic (exact) mass is 346 g/mol. The summed E-state index contributed by atoms with van der Waals surface area (Å²) < 4.78 is 27.7. The van der Waals surface area contributed by atoms with Crippen molar-refractivity contribution in [1.82, 2.24) is 19.8 Å². The topological polar surface area (TPSA) is 130 Å². The van der Waals surface area contributed by atoms with E-state index < -0.39 is 34.0 Å². The van der Waals surface area contributed by atoms with Gasteiger partial charge in [-0.05, 0) is 13.3 Å². The van der Waals surface area contributed by atoms with Gasteiger partial charge >= 0.3 is 5.97 Å². The number of aryl methyl sites for hydroxylation is 1. The lowest BCUT2D eigenvalue weighted by Gasteiger charge is -2.18. The third kappa shape index (κ3) is 5.64. The van der Waals surface area contributed by atoms with Crippen LogP contribution in [-0.4, -0.2) is 47.3 Å². The summed E-state index contributed by atoms with van der Waals surface area (Å²) in [4.78, 5) is 23.1. The maximum Gasteiger partial charge on any atom is 0.326 e. The maximum absolute atomic E-state index is 12.1. The van der Waals surface area contributed by atoms with E-state index >= 15 is 0 Å². The summed E-state index contributed by atoms with van der Waals surface area (Å²) >= 11 is 0. The molecule has 2 unspecified atom stereocenters. The minimum atomic E-state index is -3.90. The smallest absolute Gasteiger partial charge is 0.326 e. The Hall–Kier alpha value is -1.94. The minimum absolute atomic E-state index is 0.0691. The summed E-state index contributed by atoms with van der Waals surface area (Å²) in [5, 5.41) is 15.2. The van der Waals surface area contributed by atoms with Crippen molar-refractivity contribution in [3.63, 3.8) is 0 Å². The molecule has 0 radical (unpaired) electrons. The average molecular weight is 346 g/mol. The second kappa shape index (κ2) is 8.06. The molecule has 0 bridgehead atoms. The molecule has 0 aromatic carbocycles. The molecule has 10 heteroatoms. The predicted octanol–water partition coefficient (Wildman–Crippen LogP) is -0.153. The van der Waals surface area contributed by atoms with Gasteiger partial charge in [-0.1, -0.05) is 19.8 Å². The van der Waals surface area contributed by atoms with Crippen molar-refractivity contribution >= 4 is 21.9 Å². The molecule has 1 heterocycles. The first-order valence-corrected chi connectivity index (χ1v) is 8.69. The summed E-state index contributed by atoms with van der Waals surface area (Å²) in [6.45, 7) is 3.26. The molecule has 0 aliphatic carbocycles. The first-order valence-electron chi connectivity index (χ1n) is 7.21. The van der Waals surface area contributed by atoms with Crippen molar-refractivity contribution in [3.8, 4) is 0 Å². The number of aromatic nitrogens is 2. The van der Waals surface area contributed by atoms with Crippen LogP contribution in [0.1, 0.15) is 33.1 Å². The van der Waals surface area contributed by atoms with Gasteiger partial charge in [0.2, 0.25) is 15.9 Å². The van der Waals surface area contributed by atoms with Gasteiger partial charge in [0.05, 0.1) is 12.2 Å². The fraction of sp³-hybridized carbons (Fsp3) is 0.615. The summed E-state index contributed by atoms with van der Waals surface area (Å²) in [5.41, 5.74) is 0. The van der Waals surface area contributed by atoms with Gasteiger partial charge in [-0.25, -0.2) is 13.2 Å². The number of amides is 1.